The molecule has 0 saturated carbocycles. The summed E-state index contributed by atoms with van der Waals surface area (Å²) in [7, 11) is 1.68. The van der Waals surface area contributed by atoms with Crippen LogP contribution in [0.25, 0.3) is 0 Å². The zero-order valence-corrected chi connectivity index (χ0v) is 11.4. The van der Waals surface area contributed by atoms with Crippen molar-refractivity contribution >= 4 is 0 Å². The van der Waals surface area contributed by atoms with Crippen molar-refractivity contribution in [3.63, 3.8) is 0 Å². The Morgan fingerprint density at radius 1 is 1.44 bits per heavy atom. The molecule has 1 aliphatic rings. The van der Waals surface area contributed by atoms with Crippen molar-refractivity contribution in [2.24, 2.45) is 5.92 Å². The topological polar surface area (TPSA) is 38.7 Å². The van der Waals surface area contributed by atoms with Crippen LogP contribution in [0.1, 0.15) is 24.5 Å². The molecule has 1 heterocycles. The maximum absolute atomic E-state index is 9.75. The van der Waals surface area contributed by atoms with Crippen molar-refractivity contribution in [3.8, 4) is 5.75 Å². The largest absolute Gasteiger partial charge is 0.496 e. The van der Waals surface area contributed by atoms with Crippen LogP contribution in [0.4, 0.5) is 0 Å². The fourth-order valence-corrected chi connectivity index (χ4v) is 2.57. The van der Waals surface area contributed by atoms with Crippen LogP contribution in [0, 0.1) is 12.8 Å². The Bertz CT molecular complexity index is 412. The highest BCUT2D eigenvalue weighted by atomic mass is 16.5. The first-order chi connectivity index (χ1) is 8.59. The second-order valence-electron chi connectivity index (χ2n) is 5.51. The second-order valence-corrected chi connectivity index (χ2v) is 5.51. The first-order valence-electron chi connectivity index (χ1n) is 6.43. The molecule has 0 bridgehead atoms. The smallest absolute Gasteiger partial charge is 0.121 e. The van der Waals surface area contributed by atoms with Crippen LogP contribution in [-0.2, 0) is 10.2 Å². The van der Waals surface area contributed by atoms with Gasteiger partial charge >= 0.3 is 0 Å². The number of aliphatic hydroxyl groups excluding tert-OH is 1. The molecule has 18 heavy (non-hydrogen) atoms. The summed E-state index contributed by atoms with van der Waals surface area (Å²) in [5.74, 6) is 1.47. The van der Waals surface area contributed by atoms with E-state index in [0.29, 0.717) is 5.92 Å². The molecule has 0 spiro atoms. The van der Waals surface area contributed by atoms with Gasteiger partial charge in [-0.3, -0.25) is 0 Å². The van der Waals surface area contributed by atoms with Crippen LogP contribution >= 0.6 is 0 Å². The minimum absolute atomic E-state index is 0.162. The van der Waals surface area contributed by atoms with Gasteiger partial charge in [-0.25, -0.2) is 0 Å². The van der Waals surface area contributed by atoms with Gasteiger partial charge in [-0.2, -0.15) is 0 Å². The molecule has 1 aromatic carbocycles. The third kappa shape index (κ3) is 2.52. The first kappa shape index (κ1) is 13.4. The molecule has 3 nitrogen and oxygen atoms in total. The van der Waals surface area contributed by atoms with Crippen molar-refractivity contribution < 1.29 is 14.6 Å². The summed E-state index contributed by atoms with van der Waals surface area (Å²) in [6, 6.07) is 6.16. The number of benzene rings is 1. The highest BCUT2D eigenvalue weighted by Crippen LogP contribution is 2.35. The van der Waals surface area contributed by atoms with E-state index in [1.54, 1.807) is 7.11 Å². The molecule has 1 fully saturated rings. The van der Waals surface area contributed by atoms with Crippen molar-refractivity contribution in [1.82, 2.24) is 0 Å². The maximum atomic E-state index is 9.75. The molecule has 0 aromatic heterocycles. The van der Waals surface area contributed by atoms with Gasteiger partial charge in [0, 0.05) is 11.3 Å². The molecule has 3 heteroatoms. The molecule has 0 aliphatic carbocycles. The highest BCUT2D eigenvalue weighted by molar-refractivity contribution is 5.39. The molecule has 1 unspecified atom stereocenters. The number of methoxy groups -OCH3 is 1. The van der Waals surface area contributed by atoms with Gasteiger partial charge in [0.1, 0.15) is 5.75 Å². The van der Waals surface area contributed by atoms with E-state index in [9.17, 15) is 5.11 Å². The van der Waals surface area contributed by atoms with E-state index >= 15 is 0 Å². The fraction of sp³-hybridized carbons (Fsp3) is 0.600. The molecule has 2 rings (SSSR count). The van der Waals surface area contributed by atoms with Crippen molar-refractivity contribution in [2.75, 3.05) is 26.9 Å². The Balaban J connectivity index is 2.22. The quantitative estimate of drug-likeness (QED) is 0.871. The summed E-state index contributed by atoms with van der Waals surface area (Å²) in [6.45, 7) is 5.96. The molecule has 1 N–H and O–H groups in total. The van der Waals surface area contributed by atoms with Gasteiger partial charge in [0.25, 0.3) is 0 Å². The van der Waals surface area contributed by atoms with Crippen LogP contribution in [0.15, 0.2) is 18.2 Å². The number of aryl methyl sites for hydroxylation is 1. The minimum atomic E-state index is -0.189. The van der Waals surface area contributed by atoms with E-state index in [4.69, 9.17) is 9.47 Å². The van der Waals surface area contributed by atoms with Crippen LogP contribution in [0.5, 0.6) is 5.75 Å². The number of rotatable bonds is 5. The summed E-state index contributed by atoms with van der Waals surface area (Å²) < 4.78 is 10.5. The van der Waals surface area contributed by atoms with Gasteiger partial charge in [0.2, 0.25) is 0 Å². The fourth-order valence-electron chi connectivity index (χ4n) is 2.57. The van der Waals surface area contributed by atoms with E-state index < -0.39 is 0 Å². The zero-order chi connectivity index (χ0) is 13.2. The van der Waals surface area contributed by atoms with E-state index in [1.165, 1.54) is 5.56 Å². The lowest BCUT2D eigenvalue weighted by Gasteiger charge is -2.36. The summed E-state index contributed by atoms with van der Waals surface area (Å²) in [5.41, 5.74) is 2.10. The van der Waals surface area contributed by atoms with Gasteiger partial charge in [-0.1, -0.05) is 19.1 Å². The van der Waals surface area contributed by atoms with Crippen LogP contribution < -0.4 is 4.74 Å². The van der Waals surface area contributed by atoms with Crippen molar-refractivity contribution in [3.05, 3.63) is 29.3 Å². The van der Waals surface area contributed by atoms with E-state index in [-0.39, 0.29) is 12.0 Å². The maximum Gasteiger partial charge on any atom is 0.121 e. The Labute approximate surface area is 109 Å². The molecule has 0 amide bonds. The lowest BCUT2D eigenvalue weighted by Crippen LogP contribution is -2.37. The van der Waals surface area contributed by atoms with Crippen LogP contribution in [0.3, 0.4) is 0 Å². The molecule has 1 aromatic rings. The van der Waals surface area contributed by atoms with Gasteiger partial charge < -0.3 is 14.6 Å². The lowest BCUT2D eigenvalue weighted by atomic mass is 9.75. The lowest BCUT2D eigenvalue weighted by molar-refractivity contribution is -0.0485. The monoisotopic (exact) mass is 250 g/mol. The highest BCUT2D eigenvalue weighted by Gasteiger charge is 2.33. The van der Waals surface area contributed by atoms with Gasteiger partial charge in [0.15, 0.2) is 0 Å². The zero-order valence-electron chi connectivity index (χ0n) is 11.4. The number of hydrogen-bond donors (Lipinski definition) is 1. The predicted octanol–water partition coefficient (Wildman–Crippen LogP) is 2.29. The number of hydrogen-bond acceptors (Lipinski definition) is 3. The summed E-state index contributed by atoms with van der Waals surface area (Å²) in [5, 5.41) is 9.75. The standard InChI is InChI=1S/C15H22O3/c1-11-6-13(4-5-14(11)17-3)15(2,10-16)7-12-8-18-9-12/h4-6,12,16H,7-10H2,1-3H3. The van der Waals surface area contributed by atoms with E-state index in [0.717, 1.165) is 30.9 Å². The third-order valence-corrected chi connectivity index (χ3v) is 3.89. The van der Waals surface area contributed by atoms with Crippen molar-refractivity contribution in [2.45, 2.75) is 25.7 Å². The number of aliphatic hydroxyl groups is 1. The average Bonchev–Trinajstić information content (AvgIpc) is 2.33. The SMILES string of the molecule is COc1ccc(C(C)(CO)CC2COC2)cc1C. The van der Waals surface area contributed by atoms with Crippen LogP contribution in [-0.4, -0.2) is 32.0 Å². The van der Waals surface area contributed by atoms with Gasteiger partial charge in [0.05, 0.1) is 26.9 Å². The Kier molecular flexibility index (Phi) is 3.93. The van der Waals surface area contributed by atoms with Crippen LogP contribution in [0.2, 0.25) is 0 Å². The van der Waals surface area contributed by atoms with E-state index in [1.807, 2.05) is 13.0 Å². The third-order valence-electron chi connectivity index (χ3n) is 3.89. The predicted molar refractivity (Wildman–Crippen MR) is 71.1 cm³/mol. The average molecular weight is 250 g/mol. The van der Waals surface area contributed by atoms with Crippen molar-refractivity contribution in [1.29, 1.82) is 0 Å². The first-order valence-corrected chi connectivity index (χ1v) is 6.43. The van der Waals surface area contributed by atoms with Gasteiger partial charge in [-0.15, -0.1) is 0 Å². The summed E-state index contributed by atoms with van der Waals surface area (Å²) in [4.78, 5) is 0. The summed E-state index contributed by atoms with van der Waals surface area (Å²) >= 11 is 0. The molecule has 100 valence electrons. The molecular formula is C15H22O3. The normalized spacial score (nSPS) is 19.1. The Morgan fingerprint density at radius 2 is 2.17 bits per heavy atom. The second kappa shape index (κ2) is 5.29. The molecule has 1 saturated heterocycles. The minimum Gasteiger partial charge on any atom is -0.496 e. The molecule has 0 radical (unpaired) electrons. The Hall–Kier alpha value is -1.06. The summed E-state index contributed by atoms with van der Waals surface area (Å²) in [6.07, 6.45) is 0.968. The van der Waals surface area contributed by atoms with E-state index in [2.05, 4.69) is 19.1 Å². The molecule has 1 aliphatic heterocycles. The molecule has 1 atom stereocenters. The van der Waals surface area contributed by atoms with Gasteiger partial charge in [-0.05, 0) is 30.5 Å². The Morgan fingerprint density at radius 3 is 2.61 bits per heavy atom. The molecular weight excluding hydrogens is 228 g/mol. The number of ether oxygens (including phenoxy) is 2.